The van der Waals surface area contributed by atoms with Gasteiger partial charge in [0.05, 0.1) is 6.54 Å². The molecule has 92 valence electrons. The van der Waals surface area contributed by atoms with Crippen LogP contribution in [0.5, 0.6) is 0 Å². The minimum absolute atomic E-state index is 0.0593. The first-order valence-electron chi connectivity index (χ1n) is 5.31. The fourth-order valence-electron chi connectivity index (χ4n) is 1.87. The first kappa shape index (κ1) is 11.5. The summed E-state index contributed by atoms with van der Waals surface area (Å²) in [7, 11) is 1.73. The molecule has 0 saturated carbocycles. The molecule has 2 rings (SSSR count). The number of aromatic carboxylic acids is 1. The average molecular weight is 238 g/mol. The Morgan fingerprint density at radius 3 is 2.71 bits per heavy atom. The molecule has 0 atom stereocenters. The number of hydrogen-bond acceptors (Lipinski definition) is 3. The van der Waals surface area contributed by atoms with Gasteiger partial charge in [-0.1, -0.05) is 0 Å². The van der Waals surface area contributed by atoms with E-state index in [4.69, 9.17) is 9.52 Å². The standard InChI is InChI=1S/C11H14N2O4/c1-7-9(10(14)15)5-8(17-7)6-13-4-3-12(2)11(13)16/h5H,3-4,6H2,1-2H3,(H,14,15). The van der Waals surface area contributed by atoms with Crippen LogP contribution in [-0.2, 0) is 6.54 Å². The molecular formula is C11H14N2O4. The van der Waals surface area contributed by atoms with E-state index in [9.17, 15) is 9.59 Å². The molecule has 1 aliphatic heterocycles. The van der Waals surface area contributed by atoms with Gasteiger partial charge in [0.2, 0.25) is 0 Å². The Kier molecular flexibility index (Phi) is 2.79. The predicted molar refractivity (Wildman–Crippen MR) is 58.8 cm³/mol. The second kappa shape index (κ2) is 4.12. The van der Waals surface area contributed by atoms with Crippen LogP contribution in [0.15, 0.2) is 10.5 Å². The van der Waals surface area contributed by atoms with Crippen molar-refractivity contribution in [2.75, 3.05) is 20.1 Å². The maximum Gasteiger partial charge on any atom is 0.339 e. The van der Waals surface area contributed by atoms with Gasteiger partial charge < -0.3 is 19.3 Å². The summed E-state index contributed by atoms with van der Waals surface area (Å²) < 4.78 is 5.33. The first-order valence-corrected chi connectivity index (χ1v) is 5.31. The molecular weight excluding hydrogens is 224 g/mol. The van der Waals surface area contributed by atoms with E-state index < -0.39 is 5.97 Å². The van der Waals surface area contributed by atoms with Crippen molar-refractivity contribution in [3.8, 4) is 0 Å². The molecule has 2 amide bonds. The summed E-state index contributed by atoms with van der Waals surface area (Å²) in [4.78, 5) is 25.7. The molecule has 1 aromatic heterocycles. The molecule has 0 aliphatic carbocycles. The summed E-state index contributed by atoms with van der Waals surface area (Å²) in [6.45, 7) is 3.24. The topological polar surface area (TPSA) is 74.0 Å². The molecule has 1 saturated heterocycles. The van der Waals surface area contributed by atoms with Crippen molar-refractivity contribution in [2.45, 2.75) is 13.5 Å². The molecule has 2 heterocycles. The predicted octanol–water partition coefficient (Wildman–Crippen LogP) is 1.15. The number of amides is 2. The smallest absolute Gasteiger partial charge is 0.339 e. The molecule has 1 aliphatic rings. The van der Waals surface area contributed by atoms with Gasteiger partial charge in [0, 0.05) is 20.1 Å². The number of carbonyl (C=O) groups excluding carboxylic acids is 1. The summed E-state index contributed by atoms with van der Waals surface area (Å²) in [6, 6.07) is 1.42. The van der Waals surface area contributed by atoms with E-state index in [2.05, 4.69) is 0 Å². The summed E-state index contributed by atoms with van der Waals surface area (Å²) in [5.74, 6) is -0.140. The highest BCUT2D eigenvalue weighted by molar-refractivity contribution is 5.88. The highest BCUT2D eigenvalue weighted by atomic mass is 16.4. The fraction of sp³-hybridized carbons (Fsp3) is 0.455. The van der Waals surface area contributed by atoms with Crippen LogP contribution in [0.2, 0.25) is 0 Å². The number of carbonyl (C=O) groups is 2. The summed E-state index contributed by atoms with van der Waals surface area (Å²) in [6.07, 6.45) is 0. The number of carboxylic acids is 1. The molecule has 0 unspecified atom stereocenters. The summed E-state index contributed by atoms with van der Waals surface area (Å²) >= 11 is 0. The van der Waals surface area contributed by atoms with Crippen LogP contribution in [0.3, 0.4) is 0 Å². The molecule has 0 spiro atoms. The highest BCUT2D eigenvalue weighted by Gasteiger charge is 2.26. The third-order valence-corrected chi connectivity index (χ3v) is 2.85. The Morgan fingerprint density at radius 2 is 2.24 bits per heavy atom. The normalized spacial score (nSPS) is 15.8. The molecule has 6 nitrogen and oxygen atoms in total. The second-order valence-electron chi connectivity index (χ2n) is 4.11. The van der Waals surface area contributed by atoms with E-state index >= 15 is 0 Å². The SMILES string of the molecule is Cc1oc(CN2CCN(C)C2=O)cc1C(=O)O. The van der Waals surface area contributed by atoms with Gasteiger partial charge >= 0.3 is 12.0 Å². The van der Waals surface area contributed by atoms with E-state index in [0.29, 0.717) is 31.2 Å². The molecule has 6 heteroatoms. The van der Waals surface area contributed by atoms with E-state index in [1.165, 1.54) is 6.07 Å². The Balaban J connectivity index is 2.12. The minimum Gasteiger partial charge on any atom is -0.478 e. The monoisotopic (exact) mass is 238 g/mol. The molecule has 1 aromatic rings. The van der Waals surface area contributed by atoms with Crippen LogP contribution >= 0.6 is 0 Å². The zero-order valence-electron chi connectivity index (χ0n) is 9.77. The molecule has 17 heavy (non-hydrogen) atoms. The van der Waals surface area contributed by atoms with Crippen LogP contribution in [0.25, 0.3) is 0 Å². The largest absolute Gasteiger partial charge is 0.478 e. The van der Waals surface area contributed by atoms with Gasteiger partial charge in [-0.3, -0.25) is 0 Å². The zero-order chi connectivity index (χ0) is 12.6. The number of furan rings is 1. The van der Waals surface area contributed by atoms with Gasteiger partial charge in [-0.2, -0.15) is 0 Å². The van der Waals surface area contributed by atoms with Crippen molar-refractivity contribution in [2.24, 2.45) is 0 Å². The average Bonchev–Trinajstić information content (AvgIpc) is 2.76. The van der Waals surface area contributed by atoms with Gasteiger partial charge in [-0.15, -0.1) is 0 Å². The number of urea groups is 1. The fourth-order valence-corrected chi connectivity index (χ4v) is 1.87. The maximum atomic E-state index is 11.6. The van der Waals surface area contributed by atoms with Crippen molar-refractivity contribution >= 4 is 12.0 Å². The van der Waals surface area contributed by atoms with Crippen molar-refractivity contribution in [1.29, 1.82) is 0 Å². The number of likely N-dealkylation sites (N-methyl/N-ethyl adjacent to an activating group) is 1. The van der Waals surface area contributed by atoms with Crippen LogP contribution in [0, 0.1) is 6.92 Å². The Morgan fingerprint density at radius 1 is 1.53 bits per heavy atom. The summed E-state index contributed by atoms with van der Waals surface area (Å²) in [5.41, 5.74) is 0.153. The quantitative estimate of drug-likeness (QED) is 0.857. The van der Waals surface area contributed by atoms with Crippen LogP contribution in [-0.4, -0.2) is 47.0 Å². The number of nitrogens with zero attached hydrogens (tertiary/aromatic N) is 2. The first-order chi connectivity index (χ1) is 7.99. The summed E-state index contributed by atoms with van der Waals surface area (Å²) in [5, 5.41) is 8.89. The van der Waals surface area contributed by atoms with Gasteiger partial charge in [0.25, 0.3) is 0 Å². The molecule has 1 fully saturated rings. The van der Waals surface area contributed by atoms with E-state index in [0.717, 1.165) is 0 Å². The zero-order valence-corrected chi connectivity index (χ0v) is 9.77. The Labute approximate surface area is 98.4 Å². The van der Waals surface area contributed by atoms with Crippen molar-refractivity contribution in [3.63, 3.8) is 0 Å². The van der Waals surface area contributed by atoms with Crippen LogP contribution in [0.4, 0.5) is 4.79 Å². The van der Waals surface area contributed by atoms with Crippen molar-refractivity contribution in [1.82, 2.24) is 9.80 Å². The lowest BCUT2D eigenvalue weighted by molar-refractivity contribution is 0.0695. The number of aryl methyl sites for hydroxylation is 1. The van der Waals surface area contributed by atoms with Gasteiger partial charge in [-0.25, -0.2) is 9.59 Å². The van der Waals surface area contributed by atoms with Crippen molar-refractivity contribution < 1.29 is 19.1 Å². The molecule has 0 aromatic carbocycles. The van der Waals surface area contributed by atoms with Gasteiger partial charge in [-0.05, 0) is 13.0 Å². The third kappa shape index (κ3) is 2.11. The second-order valence-corrected chi connectivity index (χ2v) is 4.11. The number of hydrogen-bond donors (Lipinski definition) is 1. The van der Waals surface area contributed by atoms with E-state index in [1.54, 1.807) is 23.8 Å². The van der Waals surface area contributed by atoms with E-state index in [-0.39, 0.29) is 11.6 Å². The molecule has 1 N–H and O–H groups in total. The van der Waals surface area contributed by atoms with Crippen molar-refractivity contribution in [3.05, 3.63) is 23.2 Å². The molecule has 0 radical (unpaired) electrons. The van der Waals surface area contributed by atoms with Gasteiger partial charge in [0.15, 0.2) is 0 Å². The lowest BCUT2D eigenvalue weighted by Crippen LogP contribution is -2.28. The number of rotatable bonds is 3. The lowest BCUT2D eigenvalue weighted by atomic mass is 10.2. The Bertz CT molecular complexity index is 466. The van der Waals surface area contributed by atoms with Crippen LogP contribution < -0.4 is 0 Å². The van der Waals surface area contributed by atoms with Crippen LogP contribution in [0.1, 0.15) is 21.9 Å². The molecule has 0 bridgehead atoms. The highest BCUT2D eigenvalue weighted by Crippen LogP contribution is 2.18. The number of carboxylic acid groups (broad SMARTS) is 1. The lowest BCUT2D eigenvalue weighted by Gasteiger charge is -2.13. The van der Waals surface area contributed by atoms with E-state index in [1.807, 2.05) is 0 Å². The Hall–Kier alpha value is -1.98. The maximum absolute atomic E-state index is 11.6. The third-order valence-electron chi connectivity index (χ3n) is 2.85. The van der Waals surface area contributed by atoms with Gasteiger partial charge in [0.1, 0.15) is 17.1 Å². The minimum atomic E-state index is -1.01.